The van der Waals surface area contributed by atoms with Crippen LogP contribution >= 0.6 is 0 Å². The van der Waals surface area contributed by atoms with Crippen LogP contribution in [0.5, 0.6) is 0 Å². The monoisotopic (exact) mass is 432 g/mol. The average Bonchev–Trinajstić information content (AvgIpc) is 3.43. The van der Waals surface area contributed by atoms with Crippen LogP contribution in [-0.2, 0) is 10.0 Å². The van der Waals surface area contributed by atoms with Crippen LogP contribution in [0, 0.1) is 19.7 Å². The number of hydrogen-bond donors (Lipinski definition) is 2. The van der Waals surface area contributed by atoms with Crippen LogP contribution in [0.15, 0.2) is 39.8 Å². The van der Waals surface area contributed by atoms with Crippen LogP contribution in [0.3, 0.4) is 0 Å². The number of sulfonamides is 1. The minimum atomic E-state index is -3.99. The standard InChI is InChI=1S/C20H21FN4O4S/c1-12-9-14(5-6-16(12)21)24-30(27,28)18-10-17(29-13(18)2)19-15(11-22-23-19)20(26)25-7-3-4-8-25/h5-6,9-11,24H,3-4,7-8H2,1-2H3,(H,22,23). The maximum atomic E-state index is 13.5. The molecule has 0 bridgehead atoms. The molecule has 3 heterocycles. The van der Waals surface area contributed by atoms with Crippen LogP contribution in [0.4, 0.5) is 10.1 Å². The molecule has 158 valence electrons. The first-order valence-corrected chi connectivity index (χ1v) is 11.0. The van der Waals surface area contributed by atoms with Gasteiger partial charge < -0.3 is 9.32 Å². The average molecular weight is 432 g/mol. The molecule has 8 nitrogen and oxygen atoms in total. The van der Waals surface area contributed by atoms with E-state index in [1.807, 2.05) is 0 Å². The van der Waals surface area contributed by atoms with Crippen molar-refractivity contribution in [2.45, 2.75) is 31.6 Å². The highest BCUT2D eigenvalue weighted by Crippen LogP contribution is 2.31. The topological polar surface area (TPSA) is 108 Å². The summed E-state index contributed by atoms with van der Waals surface area (Å²) in [5.41, 5.74) is 1.22. The van der Waals surface area contributed by atoms with Gasteiger partial charge in [0.1, 0.15) is 22.2 Å². The maximum absolute atomic E-state index is 13.5. The fourth-order valence-electron chi connectivity index (χ4n) is 3.50. The molecule has 0 atom stereocenters. The highest BCUT2D eigenvalue weighted by molar-refractivity contribution is 7.92. The molecule has 1 aliphatic rings. The number of aromatic nitrogens is 2. The van der Waals surface area contributed by atoms with Crippen molar-refractivity contribution < 1.29 is 22.0 Å². The van der Waals surface area contributed by atoms with Crippen molar-refractivity contribution in [1.82, 2.24) is 15.1 Å². The Balaban J connectivity index is 1.64. The first kappa shape index (κ1) is 20.1. The molecule has 4 rings (SSSR count). The summed E-state index contributed by atoms with van der Waals surface area (Å²) in [7, 11) is -3.99. The Bertz CT molecular complexity index is 1210. The quantitative estimate of drug-likeness (QED) is 0.642. The van der Waals surface area contributed by atoms with E-state index < -0.39 is 15.8 Å². The molecule has 0 saturated carbocycles. The normalized spacial score (nSPS) is 14.3. The van der Waals surface area contributed by atoms with Crippen molar-refractivity contribution in [2.24, 2.45) is 0 Å². The molecule has 0 unspecified atom stereocenters. The summed E-state index contributed by atoms with van der Waals surface area (Å²) in [4.78, 5) is 14.4. The number of benzene rings is 1. The second kappa shape index (κ2) is 7.60. The Hall–Kier alpha value is -3.14. The molecule has 10 heteroatoms. The summed E-state index contributed by atoms with van der Waals surface area (Å²) in [6.45, 7) is 4.43. The summed E-state index contributed by atoms with van der Waals surface area (Å²) in [5, 5.41) is 6.68. The Labute approximate surface area is 173 Å². The zero-order valence-corrected chi connectivity index (χ0v) is 17.3. The minimum absolute atomic E-state index is 0.0753. The van der Waals surface area contributed by atoms with E-state index in [0.29, 0.717) is 29.9 Å². The number of hydrogen-bond acceptors (Lipinski definition) is 5. The van der Waals surface area contributed by atoms with Gasteiger partial charge in [0.25, 0.3) is 15.9 Å². The van der Waals surface area contributed by atoms with Crippen molar-refractivity contribution in [1.29, 1.82) is 0 Å². The van der Waals surface area contributed by atoms with E-state index >= 15 is 0 Å². The lowest BCUT2D eigenvalue weighted by atomic mass is 10.2. The molecule has 2 aromatic heterocycles. The first-order chi connectivity index (χ1) is 14.3. The third-order valence-electron chi connectivity index (χ3n) is 5.08. The lowest BCUT2D eigenvalue weighted by molar-refractivity contribution is 0.0793. The van der Waals surface area contributed by atoms with Gasteiger partial charge >= 0.3 is 0 Å². The number of H-pyrrole nitrogens is 1. The van der Waals surface area contributed by atoms with Crippen LogP contribution in [-0.4, -0.2) is 42.5 Å². The number of carbonyl (C=O) groups is 1. The van der Waals surface area contributed by atoms with Crippen LogP contribution in [0.1, 0.15) is 34.5 Å². The third-order valence-corrected chi connectivity index (χ3v) is 6.57. The van der Waals surface area contributed by atoms with E-state index in [-0.39, 0.29) is 28.0 Å². The van der Waals surface area contributed by atoms with E-state index in [2.05, 4.69) is 14.9 Å². The summed E-state index contributed by atoms with van der Waals surface area (Å²) in [6.07, 6.45) is 3.33. The summed E-state index contributed by atoms with van der Waals surface area (Å²) in [5.74, 6) is -0.238. The van der Waals surface area contributed by atoms with Gasteiger partial charge in [-0.1, -0.05) is 0 Å². The number of aryl methyl sites for hydroxylation is 2. The molecule has 1 aromatic carbocycles. The number of carbonyl (C=O) groups excluding carboxylic acids is 1. The van der Waals surface area contributed by atoms with Crippen molar-refractivity contribution in [3.8, 4) is 11.5 Å². The van der Waals surface area contributed by atoms with Crippen LogP contribution < -0.4 is 4.72 Å². The summed E-state index contributed by atoms with van der Waals surface area (Å²) in [6, 6.07) is 5.30. The maximum Gasteiger partial charge on any atom is 0.265 e. The number of rotatable bonds is 5. The van der Waals surface area contributed by atoms with Gasteiger partial charge in [0.2, 0.25) is 0 Å². The number of nitrogens with zero attached hydrogens (tertiary/aromatic N) is 2. The molecule has 30 heavy (non-hydrogen) atoms. The van der Waals surface area contributed by atoms with Gasteiger partial charge in [0.05, 0.1) is 11.8 Å². The van der Waals surface area contributed by atoms with Gasteiger partial charge in [-0.15, -0.1) is 0 Å². The number of aromatic amines is 1. The highest BCUT2D eigenvalue weighted by atomic mass is 32.2. The van der Waals surface area contributed by atoms with Crippen molar-refractivity contribution in [2.75, 3.05) is 17.8 Å². The predicted octanol–water partition coefficient (Wildman–Crippen LogP) is 3.46. The van der Waals surface area contributed by atoms with E-state index in [0.717, 1.165) is 12.8 Å². The Morgan fingerprint density at radius 3 is 2.67 bits per heavy atom. The molecule has 3 aromatic rings. The Morgan fingerprint density at radius 2 is 1.97 bits per heavy atom. The second-order valence-electron chi connectivity index (χ2n) is 7.26. The van der Waals surface area contributed by atoms with E-state index in [1.165, 1.54) is 37.4 Å². The van der Waals surface area contributed by atoms with Gasteiger partial charge in [0.15, 0.2) is 5.76 Å². The smallest absolute Gasteiger partial charge is 0.265 e. The Morgan fingerprint density at radius 1 is 1.23 bits per heavy atom. The lowest BCUT2D eigenvalue weighted by Gasteiger charge is -2.14. The van der Waals surface area contributed by atoms with Gasteiger partial charge in [0, 0.05) is 24.8 Å². The van der Waals surface area contributed by atoms with Gasteiger partial charge in [-0.2, -0.15) is 5.10 Å². The number of likely N-dealkylation sites (tertiary alicyclic amines) is 1. The number of amides is 1. The lowest BCUT2D eigenvalue weighted by Crippen LogP contribution is -2.27. The van der Waals surface area contributed by atoms with Crippen molar-refractivity contribution in [3.63, 3.8) is 0 Å². The van der Waals surface area contributed by atoms with Gasteiger partial charge in [-0.25, -0.2) is 12.8 Å². The van der Waals surface area contributed by atoms with Crippen LogP contribution in [0.2, 0.25) is 0 Å². The minimum Gasteiger partial charge on any atom is -0.458 e. The first-order valence-electron chi connectivity index (χ1n) is 9.48. The highest BCUT2D eigenvalue weighted by Gasteiger charge is 2.28. The Kier molecular flexibility index (Phi) is 5.10. The number of nitrogens with one attached hydrogen (secondary N) is 2. The second-order valence-corrected chi connectivity index (χ2v) is 8.91. The molecule has 0 aliphatic carbocycles. The molecule has 1 aliphatic heterocycles. The molecule has 2 N–H and O–H groups in total. The van der Waals surface area contributed by atoms with Gasteiger partial charge in [-0.05, 0) is 50.5 Å². The van der Waals surface area contributed by atoms with Crippen molar-refractivity contribution >= 4 is 21.6 Å². The number of anilines is 1. The fourth-order valence-corrected chi connectivity index (χ4v) is 4.73. The van der Waals surface area contributed by atoms with Crippen molar-refractivity contribution in [3.05, 3.63) is 53.2 Å². The van der Waals surface area contributed by atoms with Gasteiger partial charge in [-0.3, -0.25) is 14.6 Å². The van der Waals surface area contributed by atoms with Crippen LogP contribution in [0.25, 0.3) is 11.5 Å². The van der Waals surface area contributed by atoms with E-state index in [4.69, 9.17) is 4.42 Å². The number of furan rings is 1. The fraction of sp³-hybridized carbons (Fsp3) is 0.300. The molecule has 1 amide bonds. The zero-order valence-electron chi connectivity index (χ0n) is 16.5. The van der Waals surface area contributed by atoms with E-state index in [1.54, 1.807) is 11.8 Å². The zero-order chi connectivity index (χ0) is 21.5. The molecule has 1 fully saturated rings. The third kappa shape index (κ3) is 3.70. The molecule has 0 spiro atoms. The predicted molar refractivity (Wildman–Crippen MR) is 108 cm³/mol. The molecular formula is C20H21FN4O4S. The summed E-state index contributed by atoms with van der Waals surface area (Å²) < 4.78 is 47.3. The largest absolute Gasteiger partial charge is 0.458 e. The number of halogens is 1. The summed E-state index contributed by atoms with van der Waals surface area (Å²) >= 11 is 0. The molecular weight excluding hydrogens is 411 g/mol. The molecule has 1 saturated heterocycles. The van der Waals surface area contributed by atoms with E-state index in [9.17, 15) is 17.6 Å². The molecule has 0 radical (unpaired) electrons. The SMILES string of the molecule is Cc1cc(NS(=O)(=O)c2cc(-c3[nH]ncc3C(=O)N3CCCC3)oc2C)ccc1F.